The van der Waals surface area contributed by atoms with Crippen molar-refractivity contribution in [2.75, 3.05) is 0 Å². The van der Waals surface area contributed by atoms with Gasteiger partial charge in [0.05, 0.1) is 6.10 Å². The molecule has 0 fully saturated rings. The second-order valence-electron chi connectivity index (χ2n) is 5.31. The second-order valence-corrected chi connectivity index (χ2v) is 5.31. The minimum atomic E-state index is 0.293. The van der Waals surface area contributed by atoms with Crippen LogP contribution in [0.2, 0.25) is 0 Å². The van der Waals surface area contributed by atoms with E-state index in [4.69, 9.17) is 4.74 Å². The Morgan fingerprint density at radius 2 is 1.79 bits per heavy atom. The van der Waals surface area contributed by atoms with Crippen LogP contribution in [0, 0.1) is 5.92 Å². The largest absolute Gasteiger partial charge is 0.490 e. The highest BCUT2D eigenvalue weighted by Gasteiger charge is 2.11. The molecule has 0 amide bonds. The number of carbonyl (C=O) groups excluding carboxylic acids is 1. The fourth-order valence-electron chi connectivity index (χ4n) is 2.08. The number of hydrogen-bond acceptors (Lipinski definition) is 2. The summed E-state index contributed by atoms with van der Waals surface area (Å²) < 4.78 is 6.03. The van der Waals surface area contributed by atoms with Gasteiger partial charge in [-0.15, -0.1) is 0 Å². The van der Waals surface area contributed by atoms with Crippen molar-refractivity contribution in [1.29, 1.82) is 0 Å². The fraction of sp³-hybridized carbons (Fsp3) is 0.588. The molecule has 0 aliphatic heterocycles. The van der Waals surface area contributed by atoms with Crippen LogP contribution in [0.15, 0.2) is 24.3 Å². The molecule has 0 heterocycles. The summed E-state index contributed by atoms with van der Waals surface area (Å²) in [6.07, 6.45) is 6.93. The summed E-state index contributed by atoms with van der Waals surface area (Å²) in [5.74, 6) is 1.63. The molecule has 2 nitrogen and oxygen atoms in total. The van der Waals surface area contributed by atoms with Crippen molar-refractivity contribution in [3.63, 3.8) is 0 Å². The number of aldehydes is 1. The SMILES string of the molecule is CCCC(CCC(C)CC)Oc1ccc(C=O)cc1. The van der Waals surface area contributed by atoms with Gasteiger partial charge >= 0.3 is 0 Å². The van der Waals surface area contributed by atoms with Gasteiger partial charge in [-0.2, -0.15) is 0 Å². The Hall–Kier alpha value is -1.31. The standard InChI is InChI=1S/C17H26O2/c1-4-6-16(10-7-14(3)5-2)19-17-11-8-15(13-18)9-12-17/h8-9,11-14,16H,4-7,10H2,1-3H3. The molecular formula is C17H26O2. The highest BCUT2D eigenvalue weighted by molar-refractivity contribution is 5.74. The van der Waals surface area contributed by atoms with Gasteiger partial charge in [0, 0.05) is 5.56 Å². The molecule has 0 saturated heterocycles. The van der Waals surface area contributed by atoms with Crippen molar-refractivity contribution < 1.29 is 9.53 Å². The molecular weight excluding hydrogens is 236 g/mol. The van der Waals surface area contributed by atoms with Crippen molar-refractivity contribution in [3.8, 4) is 5.75 Å². The molecule has 0 saturated carbocycles. The predicted octanol–water partition coefficient (Wildman–Crippen LogP) is 4.87. The van der Waals surface area contributed by atoms with Gasteiger partial charge in [-0.25, -0.2) is 0 Å². The Labute approximate surface area is 117 Å². The van der Waals surface area contributed by atoms with Crippen LogP contribution < -0.4 is 4.74 Å². The van der Waals surface area contributed by atoms with Gasteiger partial charge in [-0.1, -0.05) is 33.6 Å². The maximum atomic E-state index is 10.6. The second kappa shape index (κ2) is 8.73. The lowest BCUT2D eigenvalue weighted by Gasteiger charge is -2.20. The topological polar surface area (TPSA) is 26.3 Å². The molecule has 2 heteroatoms. The van der Waals surface area contributed by atoms with Gasteiger partial charge in [0.25, 0.3) is 0 Å². The van der Waals surface area contributed by atoms with Crippen LogP contribution >= 0.6 is 0 Å². The maximum absolute atomic E-state index is 10.6. The van der Waals surface area contributed by atoms with Crippen LogP contribution in [0.3, 0.4) is 0 Å². The molecule has 2 atom stereocenters. The first-order valence-electron chi connectivity index (χ1n) is 7.41. The molecule has 1 aromatic rings. The van der Waals surface area contributed by atoms with E-state index >= 15 is 0 Å². The molecule has 0 bridgehead atoms. The van der Waals surface area contributed by atoms with Gasteiger partial charge in [-0.05, 0) is 49.4 Å². The first-order valence-corrected chi connectivity index (χ1v) is 7.41. The van der Waals surface area contributed by atoms with E-state index < -0.39 is 0 Å². The van der Waals surface area contributed by atoms with Crippen LogP contribution in [-0.2, 0) is 0 Å². The fourth-order valence-corrected chi connectivity index (χ4v) is 2.08. The highest BCUT2D eigenvalue weighted by Crippen LogP contribution is 2.20. The normalized spacial score (nSPS) is 13.8. The minimum absolute atomic E-state index is 0.293. The van der Waals surface area contributed by atoms with Crippen molar-refractivity contribution in [1.82, 2.24) is 0 Å². The minimum Gasteiger partial charge on any atom is -0.490 e. The van der Waals surface area contributed by atoms with Crippen molar-refractivity contribution in [3.05, 3.63) is 29.8 Å². The van der Waals surface area contributed by atoms with E-state index in [-0.39, 0.29) is 0 Å². The molecule has 0 aliphatic rings. The first-order chi connectivity index (χ1) is 9.19. The molecule has 106 valence electrons. The molecule has 1 rings (SSSR count). The van der Waals surface area contributed by atoms with Gasteiger partial charge in [0.15, 0.2) is 0 Å². The third-order valence-electron chi connectivity index (χ3n) is 3.61. The molecule has 2 unspecified atom stereocenters. The Morgan fingerprint density at radius 3 is 2.32 bits per heavy atom. The van der Waals surface area contributed by atoms with E-state index in [2.05, 4.69) is 20.8 Å². The van der Waals surface area contributed by atoms with E-state index in [0.29, 0.717) is 11.7 Å². The van der Waals surface area contributed by atoms with Crippen LogP contribution in [0.25, 0.3) is 0 Å². The number of hydrogen-bond donors (Lipinski definition) is 0. The summed E-state index contributed by atoms with van der Waals surface area (Å²) in [5.41, 5.74) is 0.694. The number of carbonyl (C=O) groups is 1. The first kappa shape index (κ1) is 15.7. The zero-order valence-corrected chi connectivity index (χ0v) is 12.4. The highest BCUT2D eigenvalue weighted by atomic mass is 16.5. The summed E-state index contributed by atoms with van der Waals surface area (Å²) in [5, 5.41) is 0. The van der Waals surface area contributed by atoms with Gasteiger partial charge in [0.2, 0.25) is 0 Å². The van der Waals surface area contributed by atoms with E-state index in [0.717, 1.165) is 37.2 Å². The lowest BCUT2D eigenvalue weighted by atomic mass is 9.99. The number of rotatable bonds is 9. The molecule has 19 heavy (non-hydrogen) atoms. The van der Waals surface area contributed by atoms with Crippen LogP contribution in [0.1, 0.15) is 63.2 Å². The molecule has 1 aromatic carbocycles. The zero-order valence-electron chi connectivity index (χ0n) is 12.4. The Kier molecular flexibility index (Phi) is 7.24. The Morgan fingerprint density at radius 1 is 1.11 bits per heavy atom. The Bertz CT molecular complexity index is 356. The van der Waals surface area contributed by atoms with E-state index in [1.807, 2.05) is 12.1 Å². The van der Waals surface area contributed by atoms with Gasteiger partial charge < -0.3 is 4.74 Å². The number of benzene rings is 1. The third kappa shape index (κ3) is 5.91. The zero-order chi connectivity index (χ0) is 14.1. The molecule has 0 aromatic heterocycles. The summed E-state index contributed by atoms with van der Waals surface area (Å²) in [4.78, 5) is 10.6. The lowest BCUT2D eigenvalue weighted by Crippen LogP contribution is -2.17. The van der Waals surface area contributed by atoms with Gasteiger partial charge in [0.1, 0.15) is 12.0 Å². The molecule has 0 N–H and O–H groups in total. The smallest absolute Gasteiger partial charge is 0.150 e. The molecule has 0 spiro atoms. The van der Waals surface area contributed by atoms with Gasteiger partial charge in [-0.3, -0.25) is 4.79 Å². The van der Waals surface area contributed by atoms with Crippen molar-refractivity contribution >= 4 is 6.29 Å². The summed E-state index contributed by atoms with van der Waals surface area (Å²) in [6, 6.07) is 7.38. The average Bonchev–Trinajstić information content (AvgIpc) is 2.45. The van der Waals surface area contributed by atoms with E-state index in [1.54, 1.807) is 12.1 Å². The summed E-state index contributed by atoms with van der Waals surface area (Å²) >= 11 is 0. The van der Waals surface area contributed by atoms with Crippen molar-refractivity contribution in [2.24, 2.45) is 5.92 Å². The molecule has 0 radical (unpaired) electrons. The average molecular weight is 262 g/mol. The number of ether oxygens (including phenoxy) is 1. The quantitative estimate of drug-likeness (QED) is 0.593. The summed E-state index contributed by atoms with van der Waals surface area (Å²) in [6.45, 7) is 6.72. The Balaban J connectivity index is 2.53. The van der Waals surface area contributed by atoms with Crippen LogP contribution in [-0.4, -0.2) is 12.4 Å². The predicted molar refractivity (Wildman–Crippen MR) is 79.8 cm³/mol. The molecule has 0 aliphatic carbocycles. The van der Waals surface area contributed by atoms with E-state index in [1.165, 1.54) is 12.8 Å². The maximum Gasteiger partial charge on any atom is 0.150 e. The van der Waals surface area contributed by atoms with Crippen LogP contribution in [0.4, 0.5) is 0 Å². The van der Waals surface area contributed by atoms with Crippen LogP contribution in [0.5, 0.6) is 5.75 Å². The lowest BCUT2D eigenvalue weighted by molar-refractivity contribution is 0.112. The summed E-state index contributed by atoms with van der Waals surface area (Å²) in [7, 11) is 0. The van der Waals surface area contributed by atoms with E-state index in [9.17, 15) is 4.79 Å². The van der Waals surface area contributed by atoms with Crippen molar-refractivity contribution in [2.45, 2.75) is 59.0 Å². The monoisotopic (exact) mass is 262 g/mol. The third-order valence-corrected chi connectivity index (χ3v) is 3.61.